The minimum absolute atomic E-state index is 0.0717. The van der Waals surface area contributed by atoms with E-state index in [1.807, 2.05) is 0 Å². The van der Waals surface area contributed by atoms with Gasteiger partial charge in [-0.3, -0.25) is 14.4 Å². The number of unbranched alkanes of at least 4 members (excludes halogenated alkanes) is 37. The summed E-state index contributed by atoms with van der Waals surface area (Å²) in [6, 6.07) is 0. The first-order valence-electron chi connectivity index (χ1n) is 28.3. The molecule has 6 nitrogen and oxygen atoms in total. The number of carbonyl (C=O) groups excluding carboxylic acids is 3. The van der Waals surface area contributed by atoms with E-state index in [1.54, 1.807) is 0 Å². The van der Waals surface area contributed by atoms with Crippen molar-refractivity contribution < 1.29 is 28.6 Å². The highest BCUT2D eigenvalue weighted by molar-refractivity contribution is 5.71. The standard InChI is InChI=1S/C58H108O6/c1-4-7-10-13-16-19-22-25-26-27-28-29-30-31-34-36-39-42-45-48-51-57(60)63-54-55(64-58(61)52-49-46-43-40-37-33-24-21-18-15-12-9-6-3)53-62-56(59)50-47-44-41-38-35-32-23-20-17-14-11-8-5-2/h12,15,21,24,55H,4-11,13-14,16-20,22-23,25-54H2,1-3H3/b15-12-,24-21-. The number of carbonyl (C=O) groups is 3. The molecular formula is C58H108O6. The molecule has 6 heteroatoms. The van der Waals surface area contributed by atoms with Gasteiger partial charge in [0.25, 0.3) is 0 Å². The van der Waals surface area contributed by atoms with Gasteiger partial charge in [0.15, 0.2) is 6.10 Å². The summed E-state index contributed by atoms with van der Waals surface area (Å²) in [5, 5.41) is 0. The Kier molecular flexibility index (Phi) is 51.7. The molecule has 0 aliphatic heterocycles. The van der Waals surface area contributed by atoms with Crippen molar-refractivity contribution >= 4 is 17.9 Å². The summed E-state index contributed by atoms with van der Waals surface area (Å²) >= 11 is 0. The Balaban J connectivity index is 4.27. The first-order chi connectivity index (χ1) is 31.5. The maximum absolute atomic E-state index is 12.8. The Morgan fingerprint density at radius 1 is 0.312 bits per heavy atom. The summed E-state index contributed by atoms with van der Waals surface area (Å²) in [6.45, 7) is 6.61. The number of rotatable bonds is 52. The summed E-state index contributed by atoms with van der Waals surface area (Å²) < 4.78 is 16.8. The number of hydrogen-bond donors (Lipinski definition) is 0. The molecule has 376 valence electrons. The minimum Gasteiger partial charge on any atom is -0.462 e. The van der Waals surface area contributed by atoms with Crippen LogP contribution in [0.5, 0.6) is 0 Å². The molecule has 0 aromatic heterocycles. The summed E-state index contributed by atoms with van der Waals surface area (Å²) in [5.41, 5.74) is 0. The van der Waals surface area contributed by atoms with Gasteiger partial charge in [-0.15, -0.1) is 0 Å². The van der Waals surface area contributed by atoms with Crippen molar-refractivity contribution in [3.05, 3.63) is 24.3 Å². The van der Waals surface area contributed by atoms with Gasteiger partial charge < -0.3 is 14.2 Å². The predicted molar refractivity (Wildman–Crippen MR) is 275 cm³/mol. The van der Waals surface area contributed by atoms with Gasteiger partial charge in [0.2, 0.25) is 0 Å². The normalized spacial score (nSPS) is 12.1. The zero-order valence-corrected chi connectivity index (χ0v) is 43.1. The lowest BCUT2D eigenvalue weighted by Gasteiger charge is -2.18. The van der Waals surface area contributed by atoms with Crippen LogP contribution in [0.2, 0.25) is 0 Å². The van der Waals surface area contributed by atoms with Crippen LogP contribution in [0.1, 0.15) is 310 Å². The Morgan fingerprint density at radius 2 is 0.594 bits per heavy atom. The lowest BCUT2D eigenvalue weighted by molar-refractivity contribution is -0.167. The van der Waals surface area contributed by atoms with Crippen LogP contribution in [0, 0.1) is 0 Å². The maximum atomic E-state index is 12.8. The summed E-state index contributed by atoms with van der Waals surface area (Å²) in [6.07, 6.45) is 61.7. The lowest BCUT2D eigenvalue weighted by Crippen LogP contribution is -2.30. The van der Waals surface area contributed by atoms with Gasteiger partial charge in [0.05, 0.1) is 0 Å². The van der Waals surface area contributed by atoms with E-state index >= 15 is 0 Å². The zero-order chi connectivity index (χ0) is 46.5. The second-order valence-corrected chi connectivity index (χ2v) is 19.2. The molecule has 0 saturated carbocycles. The van der Waals surface area contributed by atoms with Gasteiger partial charge in [-0.05, 0) is 44.9 Å². The molecule has 0 radical (unpaired) electrons. The van der Waals surface area contributed by atoms with E-state index in [-0.39, 0.29) is 31.1 Å². The third-order valence-electron chi connectivity index (χ3n) is 12.7. The molecule has 0 aliphatic carbocycles. The van der Waals surface area contributed by atoms with Gasteiger partial charge in [-0.1, -0.05) is 270 Å². The first-order valence-corrected chi connectivity index (χ1v) is 28.3. The second kappa shape index (κ2) is 53.5. The predicted octanol–water partition coefficient (Wildman–Crippen LogP) is 18.7. The third-order valence-corrected chi connectivity index (χ3v) is 12.7. The molecule has 0 N–H and O–H groups in total. The number of allylic oxidation sites excluding steroid dienone is 4. The van der Waals surface area contributed by atoms with Crippen LogP contribution in [0.3, 0.4) is 0 Å². The van der Waals surface area contributed by atoms with E-state index < -0.39 is 6.10 Å². The number of ether oxygens (including phenoxy) is 3. The topological polar surface area (TPSA) is 78.9 Å². The monoisotopic (exact) mass is 901 g/mol. The molecule has 0 saturated heterocycles. The Hall–Kier alpha value is -2.11. The van der Waals surface area contributed by atoms with Crippen molar-refractivity contribution in [2.45, 2.75) is 316 Å². The van der Waals surface area contributed by atoms with Crippen LogP contribution in [-0.2, 0) is 28.6 Å². The van der Waals surface area contributed by atoms with Gasteiger partial charge in [0.1, 0.15) is 13.2 Å². The van der Waals surface area contributed by atoms with Crippen LogP contribution in [0.4, 0.5) is 0 Å². The molecule has 0 aromatic rings. The fourth-order valence-electron chi connectivity index (χ4n) is 8.42. The molecule has 0 aliphatic rings. The Bertz CT molecular complexity index is 1040. The van der Waals surface area contributed by atoms with Gasteiger partial charge in [-0.2, -0.15) is 0 Å². The average molecular weight is 901 g/mol. The van der Waals surface area contributed by atoms with Crippen LogP contribution in [0.15, 0.2) is 24.3 Å². The smallest absolute Gasteiger partial charge is 0.306 e. The minimum atomic E-state index is -0.773. The lowest BCUT2D eigenvalue weighted by atomic mass is 10.0. The number of hydrogen-bond acceptors (Lipinski definition) is 6. The van der Waals surface area contributed by atoms with E-state index in [9.17, 15) is 14.4 Å². The highest BCUT2D eigenvalue weighted by Crippen LogP contribution is 2.17. The zero-order valence-electron chi connectivity index (χ0n) is 43.1. The van der Waals surface area contributed by atoms with E-state index in [1.165, 1.54) is 180 Å². The fourth-order valence-corrected chi connectivity index (χ4v) is 8.42. The molecule has 0 fully saturated rings. The maximum Gasteiger partial charge on any atom is 0.306 e. The first kappa shape index (κ1) is 61.9. The molecule has 0 heterocycles. The molecule has 64 heavy (non-hydrogen) atoms. The van der Waals surface area contributed by atoms with Crippen LogP contribution >= 0.6 is 0 Å². The second-order valence-electron chi connectivity index (χ2n) is 19.2. The molecule has 0 aromatic carbocycles. The van der Waals surface area contributed by atoms with Crippen molar-refractivity contribution in [3.63, 3.8) is 0 Å². The van der Waals surface area contributed by atoms with Crippen molar-refractivity contribution in [1.29, 1.82) is 0 Å². The van der Waals surface area contributed by atoms with Crippen LogP contribution < -0.4 is 0 Å². The molecule has 0 amide bonds. The van der Waals surface area contributed by atoms with Crippen molar-refractivity contribution in [1.82, 2.24) is 0 Å². The average Bonchev–Trinajstić information content (AvgIpc) is 3.29. The van der Waals surface area contributed by atoms with Gasteiger partial charge >= 0.3 is 17.9 Å². The van der Waals surface area contributed by atoms with E-state index in [0.29, 0.717) is 19.3 Å². The summed E-state index contributed by atoms with van der Waals surface area (Å²) in [7, 11) is 0. The molecule has 0 bridgehead atoms. The molecule has 1 atom stereocenters. The van der Waals surface area contributed by atoms with Crippen LogP contribution in [0.25, 0.3) is 0 Å². The van der Waals surface area contributed by atoms with E-state index in [0.717, 1.165) is 89.9 Å². The highest BCUT2D eigenvalue weighted by atomic mass is 16.6. The van der Waals surface area contributed by atoms with Crippen molar-refractivity contribution in [2.75, 3.05) is 13.2 Å². The largest absolute Gasteiger partial charge is 0.462 e. The fraction of sp³-hybridized carbons (Fsp3) is 0.879. The summed E-state index contributed by atoms with van der Waals surface area (Å²) in [4.78, 5) is 38.1. The third kappa shape index (κ3) is 50.9. The van der Waals surface area contributed by atoms with Gasteiger partial charge in [0, 0.05) is 19.3 Å². The van der Waals surface area contributed by atoms with Crippen molar-refractivity contribution in [3.8, 4) is 0 Å². The van der Waals surface area contributed by atoms with E-state index in [4.69, 9.17) is 14.2 Å². The van der Waals surface area contributed by atoms with Crippen LogP contribution in [-0.4, -0.2) is 37.2 Å². The summed E-state index contributed by atoms with van der Waals surface area (Å²) in [5.74, 6) is -0.867. The quantitative estimate of drug-likeness (QED) is 0.0262. The SMILES string of the molecule is CCC/C=C\C/C=C\CCCCCCCC(=O)OC(COC(=O)CCCCCCCCCCCCCCC)COC(=O)CCCCCCCCCCCCCCCCCCCCCC. The highest BCUT2D eigenvalue weighted by Gasteiger charge is 2.19. The molecular weight excluding hydrogens is 793 g/mol. The number of esters is 3. The van der Waals surface area contributed by atoms with E-state index in [2.05, 4.69) is 45.1 Å². The molecule has 0 spiro atoms. The van der Waals surface area contributed by atoms with Gasteiger partial charge in [-0.25, -0.2) is 0 Å². The Morgan fingerprint density at radius 3 is 0.922 bits per heavy atom. The Labute approximate surface area is 398 Å². The molecule has 1 unspecified atom stereocenters. The van der Waals surface area contributed by atoms with Crippen molar-refractivity contribution in [2.24, 2.45) is 0 Å². The molecule has 0 rings (SSSR count).